The molecule has 0 amide bonds. The van der Waals surface area contributed by atoms with Gasteiger partial charge >= 0.3 is 0 Å². The van der Waals surface area contributed by atoms with E-state index in [-0.39, 0.29) is 0 Å². The average molecular weight is 440 g/mol. The van der Waals surface area contributed by atoms with Gasteiger partial charge in [0.1, 0.15) is 0 Å². The van der Waals surface area contributed by atoms with Crippen molar-refractivity contribution in [3.63, 3.8) is 0 Å². The minimum absolute atomic E-state index is 0.740. The Hall–Kier alpha value is 0.400. The van der Waals surface area contributed by atoms with Crippen LogP contribution in [0.5, 0.6) is 0 Å². The van der Waals surface area contributed by atoms with Gasteiger partial charge in [0.15, 0.2) is 0 Å². The van der Waals surface area contributed by atoms with E-state index in [4.69, 9.17) is 0 Å². The van der Waals surface area contributed by atoms with Crippen molar-refractivity contribution in [3.05, 3.63) is 0 Å². The zero-order chi connectivity index (χ0) is 19.1. The second kappa shape index (κ2) is 8.26. The van der Waals surface area contributed by atoms with E-state index < -0.39 is 0 Å². The van der Waals surface area contributed by atoms with Gasteiger partial charge in [-0.2, -0.15) is 0 Å². The topological polar surface area (TPSA) is 38.0 Å². The number of hydrogen-bond acceptors (Lipinski definition) is 2. The summed E-state index contributed by atoms with van der Waals surface area (Å²) in [6, 6.07) is 0. The zero-order valence-corrected chi connectivity index (χ0v) is 19.4. The Morgan fingerprint density at radius 2 is 0.963 bits per heavy atom. The molecule has 3 N–H and O–H groups in total. The molecule has 0 aromatic carbocycles. The van der Waals surface area contributed by atoms with Gasteiger partial charge in [-0.1, -0.05) is 15.9 Å². The van der Waals surface area contributed by atoms with E-state index >= 15 is 0 Å². The van der Waals surface area contributed by atoms with Crippen LogP contribution in [0.15, 0.2) is 0 Å². The predicted molar refractivity (Wildman–Crippen MR) is 119 cm³/mol. The highest BCUT2D eigenvalue weighted by Crippen LogP contribution is 2.61. The van der Waals surface area contributed by atoms with Gasteiger partial charge in [-0.25, -0.2) is 0 Å². The molecule has 0 aliphatic heterocycles. The monoisotopic (exact) mass is 438 g/mol. The van der Waals surface area contributed by atoms with Crippen molar-refractivity contribution >= 4 is 15.9 Å². The Balaban J connectivity index is 0.000000123. The average Bonchev–Trinajstić information content (AvgIpc) is 2.62. The van der Waals surface area contributed by atoms with Crippen molar-refractivity contribution in [3.8, 4) is 0 Å². The number of nitrogens with one attached hydrogen (secondary N) is 1. The molecule has 0 radical (unpaired) electrons. The zero-order valence-electron chi connectivity index (χ0n) is 17.8. The lowest BCUT2D eigenvalue weighted by Gasteiger charge is -2.57. The molecule has 8 bridgehead atoms. The Kier molecular flexibility index (Phi) is 6.32. The molecule has 8 fully saturated rings. The minimum Gasteiger partial charge on any atom is -0.333 e. The van der Waals surface area contributed by atoms with Crippen LogP contribution in [0.25, 0.3) is 0 Å². The predicted octanol–water partition coefficient (Wildman–Crippen LogP) is 5.59. The third-order valence-electron chi connectivity index (χ3n) is 9.17. The SMILES string of the molecule is BrCC12CC3CC(CC(C3)C1)C2.CN.CNCC12CC3CC(CC(C3)C1)C2. The van der Waals surface area contributed by atoms with E-state index in [1.54, 1.807) is 77.0 Å². The van der Waals surface area contributed by atoms with Crippen molar-refractivity contribution in [2.75, 3.05) is 26.0 Å². The van der Waals surface area contributed by atoms with Gasteiger partial charge in [-0.15, -0.1) is 0 Å². The van der Waals surface area contributed by atoms with E-state index in [1.165, 1.54) is 18.9 Å². The molecule has 2 nitrogen and oxygen atoms in total. The Labute approximate surface area is 176 Å². The maximum absolute atomic E-state index is 4.50. The molecule has 0 aromatic heterocycles. The van der Waals surface area contributed by atoms with Crippen LogP contribution in [0.3, 0.4) is 0 Å². The molecule has 0 unspecified atom stereocenters. The summed E-state index contributed by atoms with van der Waals surface area (Å²) in [5.41, 5.74) is 6.00. The fraction of sp³-hybridized carbons (Fsp3) is 1.00. The molecule has 8 rings (SSSR count). The fourth-order valence-corrected chi connectivity index (χ4v) is 10.0. The summed E-state index contributed by atoms with van der Waals surface area (Å²) in [5, 5.41) is 4.71. The molecule has 0 saturated heterocycles. The van der Waals surface area contributed by atoms with Gasteiger partial charge < -0.3 is 11.1 Å². The summed E-state index contributed by atoms with van der Waals surface area (Å²) in [7, 11) is 3.62. The number of nitrogens with two attached hydrogens (primary N) is 1. The lowest BCUT2D eigenvalue weighted by atomic mass is 9.49. The van der Waals surface area contributed by atoms with Gasteiger partial charge in [-0.3, -0.25) is 0 Å². The molecule has 8 saturated carbocycles. The lowest BCUT2D eigenvalue weighted by molar-refractivity contribution is -0.0503. The summed E-state index contributed by atoms with van der Waals surface area (Å²) in [5.74, 6) is 6.69. The number of alkyl halides is 1. The first-order valence-electron chi connectivity index (χ1n) is 11.9. The van der Waals surface area contributed by atoms with Crippen LogP contribution in [0.4, 0.5) is 0 Å². The quantitative estimate of drug-likeness (QED) is 0.562. The van der Waals surface area contributed by atoms with Crippen LogP contribution in [-0.2, 0) is 0 Å². The Bertz CT molecular complexity index is 432. The first-order valence-corrected chi connectivity index (χ1v) is 13.0. The van der Waals surface area contributed by atoms with E-state index in [0.29, 0.717) is 0 Å². The second-order valence-corrected chi connectivity index (χ2v) is 12.1. The summed E-state index contributed by atoms with van der Waals surface area (Å²) >= 11 is 3.74. The molecule has 8 aliphatic carbocycles. The summed E-state index contributed by atoms with van der Waals surface area (Å²) in [6.07, 6.45) is 18.7. The highest BCUT2D eigenvalue weighted by molar-refractivity contribution is 9.09. The van der Waals surface area contributed by atoms with E-state index in [0.717, 1.165) is 46.3 Å². The number of rotatable bonds is 3. The van der Waals surface area contributed by atoms with Crippen molar-refractivity contribution < 1.29 is 0 Å². The molecular weight excluding hydrogens is 396 g/mol. The third kappa shape index (κ3) is 4.17. The molecule has 0 heterocycles. The van der Waals surface area contributed by atoms with Crippen LogP contribution in [0.2, 0.25) is 0 Å². The van der Waals surface area contributed by atoms with Crippen molar-refractivity contribution in [1.82, 2.24) is 5.32 Å². The first kappa shape index (κ1) is 20.7. The van der Waals surface area contributed by atoms with Gasteiger partial charge in [-0.05, 0) is 137 Å². The van der Waals surface area contributed by atoms with Gasteiger partial charge in [0.25, 0.3) is 0 Å². The maximum Gasteiger partial charge on any atom is 0.00882 e. The third-order valence-corrected chi connectivity index (χ3v) is 10.4. The second-order valence-electron chi connectivity index (χ2n) is 11.5. The standard InChI is InChI=1S/C12H21N.C11H17Br.CH5N/c1-13-8-12-5-9-2-10(6-12)4-11(3-9)7-12;12-7-11-4-8-1-9(5-11)3-10(2-8)6-11;1-2/h9-11,13H,2-8H2,1H3;8-10H,1-7H2;2H2,1H3. The Morgan fingerprint density at radius 3 is 1.22 bits per heavy atom. The summed E-state index contributed by atoms with van der Waals surface area (Å²) in [6.45, 7) is 1.29. The molecule has 3 heteroatoms. The molecule has 8 aliphatic rings. The molecule has 27 heavy (non-hydrogen) atoms. The first-order chi connectivity index (χ1) is 13.1. The smallest absolute Gasteiger partial charge is 0.00882 e. The molecule has 0 spiro atoms. The van der Waals surface area contributed by atoms with Crippen molar-refractivity contribution in [2.45, 2.75) is 77.0 Å². The largest absolute Gasteiger partial charge is 0.333 e. The van der Waals surface area contributed by atoms with Crippen molar-refractivity contribution in [1.29, 1.82) is 0 Å². The van der Waals surface area contributed by atoms with Crippen LogP contribution < -0.4 is 11.1 Å². The van der Waals surface area contributed by atoms with Crippen LogP contribution in [-0.4, -0.2) is 26.0 Å². The van der Waals surface area contributed by atoms with Gasteiger partial charge in [0.05, 0.1) is 0 Å². The number of hydrogen-bond donors (Lipinski definition) is 2. The van der Waals surface area contributed by atoms with E-state index in [1.807, 2.05) is 0 Å². The van der Waals surface area contributed by atoms with Crippen LogP contribution >= 0.6 is 15.9 Å². The molecule has 0 atom stereocenters. The highest BCUT2D eigenvalue weighted by atomic mass is 79.9. The van der Waals surface area contributed by atoms with Gasteiger partial charge in [0, 0.05) is 11.9 Å². The summed E-state index contributed by atoms with van der Waals surface area (Å²) < 4.78 is 0. The summed E-state index contributed by atoms with van der Waals surface area (Å²) in [4.78, 5) is 0. The highest BCUT2D eigenvalue weighted by Gasteiger charge is 2.51. The van der Waals surface area contributed by atoms with Crippen molar-refractivity contribution in [2.24, 2.45) is 52.1 Å². The van der Waals surface area contributed by atoms with Crippen LogP contribution in [0.1, 0.15) is 77.0 Å². The van der Waals surface area contributed by atoms with E-state index in [2.05, 4.69) is 34.0 Å². The normalized spacial score (nSPS) is 50.7. The molecule has 156 valence electrons. The molecule has 0 aromatic rings. The lowest BCUT2D eigenvalue weighted by Crippen LogP contribution is -2.49. The van der Waals surface area contributed by atoms with E-state index in [9.17, 15) is 0 Å². The van der Waals surface area contributed by atoms with Gasteiger partial charge in [0.2, 0.25) is 0 Å². The Morgan fingerprint density at radius 1 is 0.667 bits per heavy atom. The maximum atomic E-state index is 4.50. The minimum atomic E-state index is 0.740. The number of halogens is 1. The molecular formula is C24H43BrN2. The van der Waals surface area contributed by atoms with Crippen LogP contribution in [0, 0.1) is 46.3 Å². The fourth-order valence-electron chi connectivity index (χ4n) is 9.34.